The Kier molecular flexibility index (Phi) is 4.98. The van der Waals surface area contributed by atoms with Crippen LogP contribution in [0.15, 0.2) is 48.5 Å². The predicted octanol–water partition coefficient (Wildman–Crippen LogP) is 4.35. The van der Waals surface area contributed by atoms with E-state index in [0.717, 1.165) is 48.1 Å². The molecule has 1 saturated heterocycles. The Morgan fingerprint density at radius 3 is 2.50 bits per heavy atom. The number of rotatable bonds is 4. The van der Waals surface area contributed by atoms with E-state index in [1.165, 1.54) is 5.56 Å². The van der Waals surface area contributed by atoms with Gasteiger partial charge in [-0.2, -0.15) is 0 Å². The zero-order valence-electron chi connectivity index (χ0n) is 15.2. The van der Waals surface area contributed by atoms with Crippen LogP contribution in [0.3, 0.4) is 0 Å². The highest BCUT2D eigenvalue weighted by Crippen LogP contribution is 2.23. The van der Waals surface area contributed by atoms with Crippen molar-refractivity contribution in [1.29, 1.82) is 0 Å². The summed E-state index contributed by atoms with van der Waals surface area (Å²) < 4.78 is 8.18. The van der Waals surface area contributed by atoms with E-state index in [2.05, 4.69) is 53.6 Å². The summed E-state index contributed by atoms with van der Waals surface area (Å²) in [7, 11) is 0. The molecule has 0 spiro atoms. The van der Waals surface area contributed by atoms with Crippen LogP contribution >= 0.6 is 11.6 Å². The van der Waals surface area contributed by atoms with Crippen molar-refractivity contribution in [2.75, 3.05) is 13.1 Å². The molecule has 0 bridgehead atoms. The number of ether oxygens (including phenoxy) is 1. The minimum Gasteiger partial charge on any atom is -0.373 e. The second-order valence-electron chi connectivity index (χ2n) is 7.18. The first-order chi connectivity index (χ1) is 12.6. The molecule has 26 heavy (non-hydrogen) atoms. The molecule has 0 radical (unpaired) electrons. The Hall–Kier alpha value is -1.88. The maximum absolute atomic E-state index is 6.19. The van der Waals surface area contributed by atoms with Gasteiger partial charge in [-0.05, 0) is 37.6 Å². The van der Waals surface area contributed by atoms with Crippen molar-refractivity contribution in [3.8, 4) is 0 Å². The van der Waals surface area contributed by atoms with Crippen LogP contribution < -0.4 is 0 Å². The lowest BCUT2D eigenvalue weighted by Crippen LogP contribution is -2.45. The minimum absolute atomic E-state index is 0.250. The largest absolute Gasteiger partial charge is 0.373 e. The number of halogens is 1. The van der Waals surface area contributed by atoms with E-state index in [1.54, 1.807) is 0 Å². The molecule has 2 heterocycles. The van der Waals surface area contributed by atoms with Crippen molar-refractivity contribution >= 4 is 22.6 Å². The monoisotopic (exact) mass is 369 g/mol. The van der Waals surface area contributed by atoms with Crippen LogP contribution in [0.25, 0.3) is 11.0 Å². The third kappa shape index (κ3) is 3.78. The average Bonchev–Trinajstić information content (AvgIpc) is 2.91. The van der Waals surface area contributed by atoms with Crippen LogP contribution in [0.5, 0.6) is 0 Å². The average molecular weight is 370 g/mol. The van der Waals surface area contributed by atoms with E-state index < -0.39 is 0 Å². The van der Waals surface area contributed by atoms with E-state index in [4.69, 9.17) is 21.3 Å². The minimum atomic E-state index is 0.250. The third-order valence-electron chi connectivity index (χ3n) is 4.83. The number of imidazole rings is 1. The van der Waals surface area contributed by atoms with E-state index in [1.807, 2.05) is 18.2 Å². The van der Waals surface area contributed by atoms with Gasteiger partial charge in [0.05, 0.1) is 29.8 Å². The zero-order valence-corrected chi connectivity index (χ0v) is 16.0. The highest BCUT2D eigenvalue weighted by molar-refractivity contribution is 6.31. The fourth-order valence-corrected chi connectivity index (χ4v) is 4.00. The van der Waals surface area contributed by atoms with Gasteiger partial charge in [0.1, 0.15) is 5.82 Å². The van der Waals surface area contributed by atoms with E-state index in [0.29, 0.717) is 0 Å². The maximum atomic E-state index is 6.19. The van der Waals surface area contributed by atoms with Gasteiger partial charge < -0.3 is 9.30 Å². The standard InChI is InChI=1S/C21H24ClN3O/c1-15-11-24(12-16(2)26-15)14-21-23-19-10-18(22)8-9-20(19)25(21)13-17-6-4-3-5-7-17/h3-10,15-16H,11-14H2,1-2H3/t15-,16+. The van der Waals surface area contributed by atoms with Crippen LogP contribution in [0.2, 0.25) is 5.02 Å². The number of aromatic nitrogens is 2. The van der Waals surface area contributed by atoms with Crippen LogP contribution in [0.1, 0.15) is 25.2 Å². The third-order valence-corrected chi connectivity index (χ3v) is 5.07. The van der Waals surface area contributed by atoms with Crippen LogP contribution in [-0.2, 0) is 17.8 Å². The molecule has 4 rings (SSSR count). The van der Waals surface area contributed by atoms with Gasteiger partial charge in [-0.15, -0.1) is 0 Å². The summed E-state index contributed by atoms with van der Waals surface area (Å²) in [4.78, 5) is 7.34. The lowest BCUT2D eigenvalue weighted by atomic mass is 10.2. The molecular formula is C21H24ClN3O. The molecule has 1 fully saturated rings. The first-order valence-corrected chi connectivity index (χ1v) is 9.52. The molecule has 2 aromatic carbocycles. The second-order valence-corrected chi connectivity index (χ2v) is 7.62. The number of fused-ring (bicyclic) bond motifs is 1. The molecule has 3 aromatic rings. The van der Waals surface area contributed by atoms with Crippen molar-refractivity contribution in [2.24, 2.45) is 0 Å². The molecule has 5 heteroatoms. The van der Waals surface area contributed by atoms with Crippen LogP contribution in [-0.4, -0.2) is 39.7 Å². The van der Waals surface area contributed by atoms with E-state index in [9.17, 15) is 0 Å². The molecular weight excluding hydrogens is 346 g/mol. The predicted molar refractivity (Wildman–Crippen MR) is 106 cm³/mol. The molecule has 0 N–H and O–H groups in total. The molecule has 136 valence electrons. The normalized spacial score (nSPS) is 21.3. The highest BCUT2D eigenvalue weighted by atomic mass is 35.5. The highest BCUT2D eigenvalue weighted by Gasteiger charge is 2.24. The Balaban J connectivity index is 1.69. The first-order valence-electron chi connectivity index (χ1n) is 9.15. The van der Waals surface area contributed by atoms with Crippen molar-refractivity contribution in [2.45, 2.75) is 39.1 Å². The van der Waals surface area contributed by atoms with Crippen molar-refractivity contribution in [1.82, 2.24) is 14.5 Å². The molecule has 1 aliphatic heterocycles. The number of benzene rings is 2. The number of hydrogen-bond donors (Lipinski definition) is 0. The molecule has 0 amide bonds. The molecule has 0 unspecified atom stereocenters. The summed E-state index contributed by atoms with van der Waals surface area (Å²) in [6.45, 7) is 7.75. The smallest absolute Gasteiger partial charge is 0.124 e. The Labute approximate surface area is 159 Å². The maximum Gasteiger partial charge on any atom is 0.124 e. The summed E-state index contributed by atoms with van der Waals surface area (Å²) in [6.07, 6.45) is 0.500. The molecule has 4 nitrogen and oxygen atoms in total. The fourth-order valence-electron chi connectivity index (χ4n) is 3.83. The van der Waals surface area contributed by atoms with Gasteiger partial charge in [-0.1, -0.05) is 41.9 Å². The fraction of sp³-hybridized carbons (Fsp3) is 0.381. The van der Waals surface area contributed by atoms with Gasteiger partial charge in [0.25, 0.3) is 0 Å². The van der Waals surface area contributed by atoms with E-state index in [-0.39, 0.29) is 12.2 Å². The van der Waals surface area contributed by atoms with Gasteiger partial charge in [0, 0.05) is 24.7 Å². The quantitative estimate of drug-likeness (QED) is 0.685. The van der Waals surface area contributed by atoms with Crippen molar-refractivity contribution in [3.05, 3.63) is 64.9 Å². The molecule has 1 aliphatic rings. The molecule has 1 aromatic heterocycles. The zero-order chi connectivity index (χ0) is 18.1. The number of morpholine rings is 1. The van der Waals surface area contributed by atoms with Crippen LogP contribution in [0.4, 0.5) is 0 Å². The SMILES string of the molecule is C[C@@H]1CN(Cc2nc3cc(Cl)ccc3n2Cc2ccccc2)C[C@H](C)O1. The summed E-state index contributed by atoms with van der Waals surface area (Å²) in [5.74, 6) is 1.08. The summed E-state index contributed by atoms with van der Waals surface area (Å²) >= 11 is 6.19. The first kappa shape index (κ1) is 17.5. The van der Waals surface area contributed by atoms with Gasteiger partial charge >= 0.3 is 0 Å². The van der Waals surface area contributed by atoms with Gasteiger partial charge in [0.15, 0.2) is 0 Å². The van der Waals surface area contributed by atoms with Gasteiger partial charge in [0.2, 0.25) is 0 Å². The lowest BCUT2D eigenvalue weighted by Gasteiger charge is -2.35. The van der Waals surface area contributed by atoms with Crippen molar-refractivity contribution in [3.63, 3.8) is 0 Å². The lowest BCUT2D eigenvalue weighted by molar-refractivity contribution is -0.0712. The second kappa shape index (κ2) is 7.39. The van der Waals surface area contributed by atoms with Gasteiger partial charge in [-0.3, -0.25) is 4.90 Å². The molecule has 0 aliphatic carbocycles. The Morgan fingerprint density at radius 2 is 1.77 bits per heavy atom. The van der Waals surface area contributed by atoms with Gasteiger partial charge in [-0.25, -0.2) is 4.98 Å². The van der Waals surface area contributed by atoms with Crippen molar-refractivity contribution < 1.29 is 4.74 Å². The topological polar surface area (TPSA) is 30.3 Å². The summed E-state index contributed by atoms with van der Waals surface area (Å²) in [6, 6.07) is 16.5. The number of hydrogen-bond acceptors (Lipinski definition) is 3. The summed E-state index contributed by atoms with van der Waals surface area (Å²) in [5.41, 5.74) is 3.35. The number of nitrogens with zero attached hydrogens (tertiary/aromatic N) is 3. The molecule has 0 saturated carbocycles. The Morgan fingerprint density at radius 1 is 1.04 bits per heavy atom. The van der Waals surface area contributed by atoms with Crippen LogP contribution in [0, 0.1) is 0 Å². The summed E-state index contributed by atoms with van der Waals surface area (Å²) in [5, 5.41) is 0.724. The van der Waals surface area contributed by atoms with E-state index >= 15 is 0 Å². The molecule has 2 atom stereocenters. The Bertz CT molecular complexity index is 883.